The van der Waals surface area contributed by atoms with Gasteiger partial charge >= 0.3 is 0 Å². The van der Waals surface area contributed by atoms with Gasteiger partial charge in [0.25, 0.3) is 0 Å². The molecule has 0 heterocycles. The van der Waals surface area contributed by atoms with E-state index in [1.165, 1.54) is 56.9 Å². The second kappa shape index (κ2) is 14.2. The van der Waals surface area contributed by atoms with E-state index in [0.717, 1.165) is 0 Å². The van der Waals surface area contributed by atoms with E-state index in [2.05, 4.69) is 13.8 Å². The van der Waals surface area contributed by atoms with Gasteiger partial charge in [-0.3, -0.25) is 0 Å². The zero-order chi connectivity index (χ0) is 13.5. The Morgan fingerprint density at radius 1 is 0.722 bits per heavy atom. The van der Waals surface area contributed by atoms with Gasteiger partial charge in [0.1, 0.15) is 0 Å². The Hall–Kier alpha value is -0.820. The van der Waals surface area contributed by atoms with Gasteiger partial charge in [0.05, 0.1) is 0 Å². The average molecular weight is 249 g/mol. The first-order valence-corrected chi connectivity index (χ1v) is 7.59. The first kappa shape index (κ1) is 17.2. The molecule has 0 aliphatic heterocycles. The Morgan fingerprint density at radius 3 is 1.50 bits per heavy atom. The summed E-state index contributed by atoms with van der Waals surface area (Å²) in [6.45, 7) is 5.18. The molecule has 104 valence electrons. The topological polar surface area (TPSA) is 26.0 Å². The predicted molar refractivity (Wildman–Crippen MR) is 82.6 cm³/mol. The highest BCUT2D eigenvalue weighted by atomic mass is 14.5. The van der Waals surface area contributed by atoms with Gasteiger partial charge in [0.15, 0.2) is 0 Å². The van der Waals surface area contributed by atoms with Crippen molar-refractivity contribution in [3.8, 4) is 0 Å². The molecule has 0 saturated carbocycles. The minimum Gasteiger partial charge on any atom is -0.326 e. The molecule has 1 aromatic rings. The Bertz CT molecular complexity index is 235. The van der Waals surface area contributed by atoms with Crippen molar-refractivity contribution in [1.29, 1.82) is 0 Å². The summed E-state index contributed by atoms with van der Waals surface area (Å²) < 4.78 is 0. The van der Waals surface area contributed by atoms with E-state index >= 15 is 0 Å². The van der Waals surface area contributed by atoms with Crippen LogP contribution in [0.1, 0.15) is 70.8 Å². The zero-order valence-corrected chi connectivity index (χ0v) is 12.3. The predicted octanol–water partition coefficient (Wildman–Crippen LogP) is 5.29. The molecule has 0 bridgehead atoms. The Kier molecular flexibility index (Phi) is 13.6. The molecule has 0 spiro atoms. The Balaban J connectivity index is 0.000000327. The molecular weight excluding hydrogens is 218 g/mol. The van der Waals surface area contributed by atoms with Crippen molar-refractivity contribution in [1.82, 2.24) is 0 Å². The van der Waals surface area contributed by atoms with Crippen molar-refractivity contribution in [3.05, 3.63) is 35.9 Å². The molecule has 0 saturated heterocycles. The SMILES string of the molecule is CCCCCCCCCC.NCc1ccccc1. The average Bonchev–Trinajstić information content (AvgIpc) is 2.44. The van der Waals surface area contributed by atoms with Gasteiger partial charge in [0.2, 0.25) is 0 Å². The minimum atomic E-state index is 0.640. The molecule has 0 radical (unpaired) electrons. The van der Waals surface area contributed by atoms with Gasteiger partial charge in [-0.2, -0.15) is 0 Å². The fourth-order valence-electron chi connectivity index (χ4n) is 1.82. The molecule has 0 amide bonds. The van der Waals surface area contributed by atoms with Crippen LogP contribution in [0, 0.1) is 0 Å². The monoisotopic (exact) mass is 249 g/mol. The van der Waals surface area contributed by atoms with Crippen LogP contribution in [0.15, 0.2) is 30.3 Å². The summed E-state index contributed by atoms with van der Waals surface area (Å²) in [6, 6.07) is 9.99. The third-order valence-corrected chi connectivity index (χ3v) is 3.04. The van der Waals surface area contributed by atoms with Gasteiger partial charge in [-0.25, -0.2) is 0 Å². The van der Waals surface area contributed by atoms with E-state index in [-0.39, 0.29) is 0 Å². The third kappa shape index (κ3) is 11.7. The minimum absolute atomic E-state index is 0.640. The summed E-state index contributed by atoms with van der Waals surface area (Å²) in [5, 5.41) is 0. The van der Waals surface area contributed by atoms with Crippen LogP contribution in [-0.4, -0.2) is 0 Å². The van der Waals surface area contributed by atoms with Crippen molar-refractivity contribution >= 4 is 0 Å². The fraction of sp³-hybridized carbons (Fsp3) is 0.647. The van der Waals surface area contributed by atoms with E-state index in [4.69, 9.17) is 5.73 Å². The molecule has 1 nitrogen and oxygen atoms in total. The summed E-state index contributed by atoms with van der Waals surface area (Å²) in [7, 11) is 0. The van der Waals surface area contributed by atoms with E-state index in [9.17, 15) is 0 Å². The summed E-state index contributed by atoms with van der Waals surface area (Å²) in [6.07, 6.45) is 11.5. The quantitative estimate of drug-likeness (QED) is 0.622. The van der Waals surface area contributed by atoms with Crippen molar-refractivity contribution < 1.29 is 0 Å². The molecule has 1 heteroatoms. The molecule has 18 heavy (non-hydrogen) atoms. The van der Waals surface area contributed by atoms with Gasteiger partial charge in [-0.1, -0.05) is 95.5 Å². The second-order valence-electron chi connectivity index (χ2n) is 4.81. The summed E-state index contributed by atoms with van der Waals surface area (Å²) >= 11 is 0. The Labute approximate surface area is 114 Å². The van der Waals surface area contributed by atoms with Gasteiger partial charge in [-0.15, -0.1) is 0 Å². The fourth-order valence-corrected chi connectivity index (χ4v) is 1.82. The van der Waals surface area contributed by atoms with Crippen LogP contribution >= 0.6 is 0 Å². The first-order chi connectivity index (χ1) is 8.85. The molecule has 0 aliphatic rings. The number of nitrogens with two attached hydrogens (primary N) is 1. The highest BCUT2D eigenvalue weighted by Gasteiger charge is 1.87. The van der Waals surface area contributed by atoms with Crippen LogP contribution < -0.4 is 5.73 Å². The molecule has 1 rings (SSSR count). The first-order valence-electron chi connectivity index (χ1n) is 7.59. The smallest absolute Gasteiger partial charge is 0.0178 e. The Morgan fingerprint density at radius 2 is 1.17 bits per heavy atom. The van der Waals surface area contributed by atoms with E-state index < -0.39 is 0 Å². The number of benzene rings is 1. The van der Waals surface area contributed by atoms with Crippen molar-refractivity contribution in [2.24, 2.45) is 5.73 Å². The van der Waals surface area contributed by atoms with E-state index in [1.807, 2.05) is 30.3 Å². The van der Waals surface area contributed by atoms with Crippen molar-refractivity contribution in [2.45, 2.75) is 71.8 Å². The summed E-state index contributed by atoms with van der Waals surface area (Å²) in [5.41, 5.74) is 6.54. The van der Waals surface area contributed by atoms with Crippen LogP contribution in [0.5, 0.6) is 0 Å². The molecule has 1 aromatic carbocycles. The number of hydrogen-bond acceptors (Lipinski definition) is 1. The molecule has 0 fully saturated rings. The molecule has 2 N–H and O–H groups in total. The lowest BCUT2D eigenvalue weighted by Gasteiger charge is -1.97. The lowest BCUT2D eigenvalue weighted by molar-refractivity contribution is 0.585. The van der Waals surface area contributed by atoms with Crippen LogP contribution in [0.3, 0.4) is 0 Å². The molecule has 0 aliphatic carbocycles. The maximum atomic E-state index is 5.35. The van der Waals surface area contributed by atoms with Crippen molar-refractivity contribution in [3.63, 3.8) is 0 Å². The normalized spacial score (nSPS) is 9.72. The van der Waals surface area contributed by atoms with Crippen LogP contribution in [0.25, 0.3) is 0 Å². The number of rotatable bonds is 8. The maximum absolute atomic E-state index is 5.35. The number of unbranched alkanes of at least 4 members (excludes halogenated alkanes) is 7. The van der Waals surface area contributed by atoms with Crippen LogP contribution in [-0.2, 0) is 6.54 Å². The highest BCUT2D eigenvalue weighted by molar-refractivity contribution is 5.13. The standard InChI is InChI=1S/C10H22.C7H9N/c1-3-5-7-9-10-8-6-4-2;8-6-7-4-2-1-3-5-7/h3-10H2,1-2H3;1-5H,6,8H2. The molecular formula is C17H31N. The van der Waals surface area contributed by atoms with Crippen molar-refractivity contribution in [2.75, 3.05) is 0 Å². The summed E-state index contributed by atoms with van der Waals surface area (Å²) in [4.78, 5) is 0. The lowest BCUT2D eigenvalue weighted by atomic mass is 10.1. The lowest BCUT2D eigenvalue weighted by Crippen LogP contribution is -1.94. The van der Waals surface area contributed by atoms with E-state index in [0.29, 0.717) is 6.54 Å². The van der Waals surface area contributed by atoms with Gasteiger partial charge in [0, 0.05) is 6.54 Å². The largest absolute Gasteiger partial charge is 0.326 e. The van der Waals surface area contributed by atoms with Gasteiger partial charge in [-0.05, 0) is 5.56 Å². The van der Waals surface area contributed by atoms with E-state index in [1.54, 1.807) is 0 Å². The maximum Gasteiger partial charge on any atom is 0.0178 e. The molecule has 0 aromatic heterocycles. The van der Waals surface area contributed by atoms with Crippen LogP contribution in [0.4, 0.5) is 0 Å². The zero-order valence-electron chi connectivity index (χ0n) is 12.3. The second-order valence-corrected chi connectivity index (χ2v) is 4.81. The highest BCUT2D eigenvalue weighted by Crippen LogP contribution is 2.07. The molecule has 0 atom stereocenters. The number of hydrogen-bond donors (Lipinski definition) is 1. The van der Waals surface area contributed by atoms with Crippen LogP contribution in [0.2, 0.25) is 0 Å². The van der Waals surface area contributed by atoms with Gasteiger partial charge < -0.3 is 5.73 Å². The molecule has 0 unspecified atom stereocenters. The third-order valence-electron chi connectivity index (χ3n) is 3.04. The summed E-state index contributed by atoms with van der Waals surface area (Å²) in [5.74, 6) is 0.